The summed E-state index contributed by atoms with van der Waals surface area (Å²) in [7, 11) is 0. The van der Waals surface area contributed by atoms with Gasteiger partial charge in [0.2, 0.25) is 0 Å². The van der Waals surface area contributed by atoms with Gasteiger partial charge in [-0.25, -0.2) is 0 Å². The Morgan fingerprint density at radius 1 is 1.55 bits per heavy atom. The first-order chi connectivity index (χ1) is 9.63. The second kappa shape index (κ2) is 7.04. The molecule has 1 aliphatic rings. The molecule has 0 amide bonds. The first kappa shape index (κ1) is 15.3. The van der Waals surface area contributed by atoms with Gasteiger partial charge in [0.25, 0.3) is 5.69 Å². The second-order valence-electron chi connectivity index (χ2n) is 5.08. The van der Waals surface area contributed by atoms with Crippen LogP contribution < -0.4 is 10.2 Å². The minimum atomic E-state index is -0.291. The zero-order chi connectivity index (χ0) is 14.5. The number of nitrogens with one attached hydrogen (secondary N) is 1. The van der Waals surface area contributed by atoms with Gasteiger partial charge in [0.15, 0.2) is 0 Å². The van der Waals surface area contributed by atoms with Crippen molar-refractivity contribution in [3.8, 4) is 0 Å². The molecule has 0 spiro atoms. The van der Waals surface area contributed by atoms with Gasteiger partial charge < -0.3 is 10.2 Å². The fourth-order valence-corrected chi connectivity index (χ4v) is 3.07. The molecule has 0 aromatic heterocycles. The van der Waals surface area contributed by atoms with Crippen LogP contribution >= 0.6 is 15.9 Å². The number of benzene rings is 1. The van der Waals surface area contributed by atoms with Crippen LogP contribution in [0.25, 0.3) is 0 Å². The molecule has 1 heterocycles. The lowest BCUT2D eigenvalue weighted by Crippen LogP contribution is -2.46. The summed E-state index contributed by atoms with van der Waals surface area (Å²) in [5, 5.41) is 14.7. The molecular weight excluding hydrogens is 322 g/mol. The number of hydrogen-bond donors (Lipinski definition) is 1. The summed E-state index contributed by atoms with van der Waals surface area (Å²) in [6.45, 7) is 4.87. The summed E-state index contributed by atoms with van der Waals surface area (Å²) in [5.74, 6) is 0. The summed E-state index contributed by atoms with van der Waals surface area (Å²) in [5.41, 5.74) is 0.909. The Hall–Kier alpha value is -1.14. The molecule has 1 unspecified atom stereocenters. The van der Waals surface area contributed by atoms with E-state index in [0.717, 1.165) is 49.1 Å². The van der Waals surface area contributed by atoms with E-state index < -0.39 is 0 Å². The Morgan fingerprint density at radius 2 is 2.35 bits per heavy atom. The molecule has 0 saturated carbocycles. The van der Waals surface area contributed by atoms with Crippen LogP contribution in [0.4, 0.5) is 11.4 Å². The summed E-state index contributed by atoms with van der Waals surface area (Å²) in [4.78, 5) is 13.2. The summed E-state index contributed by atoms with van der Waals surface area (Å²) in [6.07, 6.45) is 3.17. The molecule has 1 aliphatic heterocycles. The van der Waals surface area contributed by atoms with Crippen molar-refractivity contribution in [1.82, 2.24) is 5.32 Å². The van der Waals surface area contributed by atoms with Gasteiger partial charge in [-0.1, -0.05) is 22.9 Å². The van der Waals surface area contributed by atoms with Gasteiger partial charge in [-0.05, 0) is 37.9 Å². The maximum atomic E-state index is 11.3. The first-order valence-electron chi connectivity index (χ1n) is 7.04. The predicted octanol–water partition coefficient (Wildman–Crippen LogP) is 3.33. The van der Waals surface area contributed by atoms with Gasteiger partial charge >= 0.3 is 0 Å². The van der Waals surface area contributed by atoms with E-state index >= 15 is 0 Å². The molecule has 0 aliphatic carbocycles. The van der Waals surface area contributed by atoms with Crippen molar-refractivity contribution in [2.45, 2.75) is 32.2 Å². The van der Waals surface area contributed by atoms with Crippen LogP contribution in [0.5, 0.6) is 0 Å². The molecule has 1 N–H and O–H groups in total. The van der Waals surface area contributed by atoms with Crippen molar-refractivity contribution in [3.05, 3.63) is 32.8 Å². The van der Waals surface area contributed by atoms with Gasteiger partial charge in [-0.15, -0.1) is 0 Å². The average molecular weight is 342 g/mol. The number of halogens is 1. The highest BCUT2D eigenvalue weighted by Gasteiger charge is 2.26. The third-order valence-corrected chi connectivity index (χ3v) is 4.11. The van der Waals surface area contributed by atoms with E-state index in [1.165, 1.54) is 0 Å². The van der Waals surface area contributed by atoms with Gasteiger partial charge in [0, 0.05) is 29.7 Å². The standard InChI is InChI=1S/C14H20BrN3O2/c1-2-8-17(12-4-3-7-16-10-12)14-9-11(15)5-6-13(14)18(19)20/h5-6,9,12,16H,2-4,7-8,10H2,1H3. The van der Waals surface area contributed by atoms with Crippen molar-refractivity contribution in [2.24, 2.45) is 0 Å². The quantitative estimate of drug-likeness (QED) is 0.659. The lowest BCUT2D eigenvalue weighted by Gasteiger charge is -2.36. The molecule has 20 heavy (non-hydrogen) atoms. The van der Waals surface area contributed by atoms with Crippen molar-refractivity contribution in [1.29, 1.82) is 0 Å². The van der Waals surface area contributed by atoms with Crippen molar-refractivity contribution >= 4 is 27.3 Å². The Labute approximate surface area is 127 Å². The molecule has 0 bridgehead atoms. The third-order valence-electron chi connectivity index (χ3n) is 3.62. The number of rotatable bonds is 5. The normalized spacial score (nSPS) is 18.8. The smallest absolute Gasteiger partial charge is 0.292 e. The zero-order valence-electron chi connectivity index (χ0n) is 11.6. The fraction of sp³-hybridized carbons (Fsp3) is 0.571. The molecular formula is C14H20BrN3O2. The number of nitro benzene ring substituents is 1. The maximum absolute atomic E-state index is 11.3. The second-order valence-corrected chi connectivity index (χ2v) is 6.00. The molecule has 1 aromatic rings. The van der Waals surface area contributed by atoms with Crippen LogP contribution in [0.2, 0.25) is 0 Å². The van der Waals surface area contributed by atoms with Crippen LogP contribution in [0, 0.1) is 10.1 Å². The number of hydrogen-bond acceptors (Lipinski definition) is 4. The molecule has 2 rings (SSSR count). The minimum Gasteiger partial charge on any atom is -0.362 e. The van der Waals surface area contributed by atoms with Crippen LogP contribution in [0.3, 0.4) is 0 Å². The van der Waals surface area contributed by atoms with Gasteiger partial charge in [0.05, 0.1) is 4.92 Å². The molecule has 5 nitrogen and oxygen atoms in total. The molecule has 1 saturated heterocycles. The van der Waals surface area contributed by atoms with Crippen LogP contribution in [0.15, 0.2) is 22.7 Å². The summed E-state index contributed by atoms with van der Waals surface area (Å²) < 4.78 is 0.878. The van der Waals surface area contributed by atoms with E-state index in [9.17, 15) is 10.1 Å². The Bertz CT molecular complexity index is 475. The highest BCUT2D eigenvalue weighted by molar-refractivity contribution is 9.10. The SMILES string of the molecule is CCCN(c1cc(Br)ccc1[N+](=O)[O-])C1CCCNC1. The van der Waals surface area contributed by atoms with E-state index in [4.69, 9.17) is 0 Å². The highest BCUT2D eigenvalue weighted by atomic mass is 79.9. The van der Waals surface area contributed by atoms with Gasteiger partial charge in [-0.3, -0.25) is 10.1 Å². The summed E-state index contributed by atoms with van der Waals surface area (Å²) >= 11 is 3.42. The minimum absolute atomic E-state index is 0.187. The Balaban J connectivity index is 2.36. The average Bonchev–Trinajstić information content (AvgIpc) is 2.45. The van der Waals surface area contributed by atoms with Crippen LogP contribution in [-0.4, -0.2) is 30.6 Å². The van der Waals surface area contributed by atoms with E-state index in [2.05, 4.69) is 33.1 Å². The van der Waals surface area contributed by atoms with Crippen LogP contribution in [0.1, 0.15) is 26.2 Å². The molecule has 1 atom stereocenters. The van der Waals surface area contributed by atoms with Gasteiger partial charge in [-0.2, -0.15) is 0 Å². The van der Waals surface area contributed by atoms with Crippen LogP contribution in [-0.2, 0) is 0 Å². The highest BCUT2D eigenvalue weighted by Crippen LogP contribution is 2.33. The molecule has 1 fully saturated rings. The van der Waals surface area contributed by atoms with Crippen molar-refractivity contribution < 1.29 is 4.92 Å². The third kappa shape index (κ3) is 3.49. The largest absolute Gasteiger partial charge is 0.362 e. The monoisotopic (exact) mass is 341 g/mol. The molecule has 6 heteroatoms. The molecule has 0 radical (unpaired) electrons. The lowest BCUT2D eigenvalue weighted by molar-refractivity contribution is -0.384. The number of piperidine rings is 1. The Kier molecular flexibility index (Phi) is 5.37. The maximum Gasteiger partial charge on any atom is 0.292 e. The van der Waals surface area contributed by atoms with Crippen molar-refractivity contribution in [2.75, 3.05) is 24.5 Å². The number of anilines is 1. The summed E-state index contributed by atoms with van der Waals surface area (Å²) in [6, 6.07) is 5.50. The van der Waals surface area contributed by atoms with E-state index in [1.54, 1.807) is 12.1 Å². The van der Waals surface area contributed by atoms with E-state index in [-0.39, 0.29) is 10.6 Å². The van der Waals surface area contributed by atoms with E-state index in [0.29, 0.717) is 6.04 Å². The van der Waals surface area contributed by atoms with Gasteiger partial charge in [0.1, 0.15) is 5.69 Å². The molecule has 110 valence electrons. The number of nitrogens with zero attached hydrogens (tertiary/aromatic N) is 2. The zero-order valence-corrected chi connectivity index (χ0v) is 13.2. The Morgan fingerprint density at radius 3 is 2.95 bits per heavy atom. The number of nitro groups is 1. The predicted molar refractivity (Wildman–Crippen MR) is 84.3 cm³/mol. The first-order valence-corrected chi connectivity index (χ1v) is 7.84. The van der Waals surface area contributed by atoms with E-state index in [1.807, 2.05) is 6.07 Å². The molecule has 1 aromatic carbocycles. The lowest BCUT2D eigenvalue weighted by atomic mass is 10.0. The van der Waals surface area contributed by atoms with Crippen molar-refractivity contribution in [3.63, 3.8) is 0 Å². The fourth-order valence-electron chi connectivity index (χ4n) is 2.72. The topological polar surface area (TPSA) is 58.4 Å².